The number of carbonyl (C=O) groups excluding carboxylic acids is 1. The van der Waals surface area contributed by atoms with Crippen LogP contribution in [0.4, 0.5) is 15.0 Å². The summed E-state index contributed by atoms with van der Waals surface area (Å²) in [5.41, 5.74) is -0.302. The summed E-state index contributed by atoms with van der Waals surface area (Å²) in [6.07, 6.45) is 4.66. The molecular weight excluding hydrogens is 449 g/mol. The third-order valence-electron chi connectivity index (χ3n) is 5.33. The number of hydrogen-bond acceptors (Lipinski definition) is 7. The molecule has 0 spiro atoms. The van der Waals surface area contributed by atoms with Gasteiger partial charge in [0.15, 0.2) is 5.82 Å². The first-order valence-corrected chi connectivity index (χ1v) is 11.0. The molecule has 1 aromatic heterocycles. The molecule has 176 valence electrons. The Hall–Kier alpha value is -3.12. The average Bonchev–Trinajstić information content (AvgIpc) is 3.00. The molecule has 3 heterocycles. The summed E-state index contributed by atoms with van der Waals surface area (Å²) in [6.45, 7) is 12.7. The molecule has 2 bridgehead atoms. The minimum Gasteiger partial charge on any atom is -0.472 e. The first-order chi connectivity index (χ1) is 15.5. The third kappa shape index (κ3) is 6.02. The first-order valence-electron chi connectivity index (χ1n) is 10.6. The second-order valence-electron chi connectivity index (χ2n) is 9.06. The maximum absolute atomic E-state index is 15.0. The lowest BCUT2D eigenvalue weighted by Gasteiger charge is -2.39. The fraction of sp³-hybridized carbons (Fsp3) is 0.478. The van der Waals surface area contributed by atoms with E-state index in [0.29, 0.717) is 12.8 Å². The largest absolute Gasteiger partial charge is 0.472 e. The number of carbonyl (C=O) groups is 1. The second-order valence-corrected chi connectivity index (χ2v) is 9.47. The van der Waals surface area contributed by atoms with Crippen molar-refractivity contribution in [1.82, 2.24) is 14.9 Å². The molecule has 8 nitrogen and oxygen atoms in total. The van der Waals surface area contributed by atoms with E-state index in [0.717, 1.165) is 12.8 Å². The van der Waals surface area contributed by atoms with E-state index < -0.39 is 11.4 Å². The van der Waals surface area contributed by atoms with Gasteiger partial charge in [0.25, 0.3) is 5.88 Å². The van der Waals surface area contributed by atoms with Crippen molar-refractivity contribution in [2.75, 3.05) is 5.32 Å². The number of nitrogens with one attached hydrogen (secondary N) is 1. The molecule has 2 atom stereocenters. The summed E-state index contributed by atoms with van der Waals surface area (Å²) >= 11 is 6.07. The van der Waals surface area contributed by atoms with E-state index in [-0.39, 0.29) is 52.3 Å². The molecular formula is C23H27ClFN5O3. The van der Waals surface area contributed by atoms with Crippen LogP contribution in [0.1, 0.15) is 46.5 Å². The zero-order valence-electron chi connectivity index (χ0n) is 18.9. The van der Waals surface area contributed by atoms with Gasteiger partial charge in [-0.2, -0.15) is 14.6 Å². The topological polar surface area (TPSA) is 100 Å². The van der Waals surface area contributed by atoms with Gasteiger partial charge >= 0.3 is 6.09 Å². The number of allylic oxidation sites excluding steroid dienone is 3. The lowest BCUT2D eigenvalue weighted by Crippen LogP contribution is -2.50. The smallest absolute Gasteiger partial charge is 0.410 e. The highest BCUT2D eigenvalue weighted by Gasteiger charge is 2.45. The molecule has 2 aliphatic rings. The molecule has 2 fully saturated rings. The van der Waals surface area contributed by atoms with E-state index in [1.54, 1.807) is 4.90 Å². The summed E-state index contributed by atoms with van der Waals surface area (Å²) in [7, 11) is 0. The van der Waals surface area contributed by atoms with E-state index in [1.165, 1.54) is 12.4 Å². The number of nitriles is 1. The number of hydrogen-bond donors (Lipinski definition) is 1. The van der Waals surface area contributed by atoms with Crippen LogP contribution >= 0.6 is 11.6 Å². The fourth-order valence-corrected chi connectivity index (χ4v) is 4.17. The maximum Gasteiger partial charge on any atom is 0.410 e. The maximum atomic E-state index is 15.0. The molecule has 1 amide bonds. The summed E-state index contributed by atoms with van der Waals surface area (Å²) in [4.78, 5) is 22.2. The number of ether oxygens (including phenoxy) is 2. The molecule has 2 saturated heterocycles. The van der Waals surface area contributed by atoms with Crippen molar-refractivity contribution in [3.63, 3.8) is 0 Å². The Morgan fingerprint density at radius 1 is 1.33 bits per heavy atom. The molecule has 0 saturated carbocycles. The van der Waals surface area contributed by atoms with Crippen LogP contribution in [0.5, 0.6) is 5.88 Å². The number of anilines is 1. The minimum absolute atomic E-state index is 0.0250. The number of rotatable bonds is 6. The van der Waals surface area contributed by atoms with Gasteiger partial charge in [-0.15, -0.1) is 0 Å². The molecule has 3 rings (SSSR count). The van der Waals surface area contributed by atoms with Gasteiger partial charge < -0.3 is 19.7 Å². The van der Waals surface area contributed by atoms with E-state index in [4.69, 9.17) is 26.3 Å². The molecule has 1 N–H and O–H groups in total. The number of fused-ring (bicyclic) bond motifs is 2. The van der Waals surface area contributed by atoms with Gasteiger partial charge in [0.05, 0.1) is 16.8 Å². The minimum atomic E-state index is -0.788. The summed E-state index contributed by atoms with van der Waals surface area (Å²) in [5, 5.41) is 11.6. The van der Waals surface area contributed by atoms with Crippen molar-refractivity contribution in [2.45, 2.75) is 70.2 Å². The Morgan fingerprint density at radius 2 is 1.97 bits per heavy atom. The molecule has 0 aliphatic carbocycles. The van der Waals surface area contributed by atoms with Crippen LogP contribution in [0.15, 0.2) is 41.9 Å². The van der Waals surface area contributed by atoms with Crippen LogP contribution in [0.25, 0.3) is 0 Å². The highest BCUT2D eigenvalue weighted by Crippen LogP contribution is 2.38. The normalized spacial score (nSPS) is 22.4. The van der Waals surface area contributed by atoms with Crippen molar-refractivity contribution >= 4 is 23.5 Å². The van der Waals surface area contributed by atoms with Crippen LogP contribution in [0.3, 0.4) is 0 Å². The first kappa shape index (κ1) is 24.5. The van der Waals surface area contributed by atoms with Gasteiger partial charge in [0.2, 0.25) is 5.82 Å². The molecule has 10 heteroatoms. The second kappa shape index (κ2) is 9.79. The highest BCUT2D eigenvalue weighted by atomic mass is 35.5. The number of amides is 1. The zero-order chi connectivity index (χ0) is 24.3. The molecule has 1 aromatic rings. The van der Waals surface area contributed by atoms with Gasteiger partial charge in [-0.05, 0) is 39.7 Å². The number of aromatic nitrogens is 2. The predicted molar refractivity (Wildman–Crippen MR) is 122 cm³/mol. The third-order valence-corrected chi connectivity index (χ3v) is 5.67. The number of piperidine rings is 1. The number of nitrogens with zero attached hydrogens (tertiary/aromatic N) is 4. The van der Waals surface area contributed by atoms with Crippen LogP contribution < -0.4 is 10.1 Å². The predicted octanol–water partition coefficient (Wildman–Crippen LogP) is 5.05. The number of halogens is 2. The van der Waals surface area contributed by atoms with Crippen LogP contribution in [0.2, 0.25) is 0 Å². The fourth-order valence-electron chi connectivity index (χ4n) is 3.99. The van der Waals surface area contributed by atoms with Crippen molar-refractivity contribution in [1.29, 1.82) is 5.26 Å². The average molecular weight is 476 g/mol. The Labute approximate surface area is 197 Å². The molecule has 0 radical (unpaired) electrons. The summed E-state index contributed by atoms with van der Waals surface area (Å²) in [5.74, 6) is -1.14. The summed E-state index contributed by atoms with van der Waals surface area (Å²) in [6, 6.07) is 1.79. The van der Waals surface area contributed by atoms with Gasteiger partial charge in [-0.3, -0.25) is 0 Å². The zero-order valence-corrected chi connectivity index (χ0v) is 19.7. The van der Waals surface area contributed by atoms with Gasteiger partial charge in [-0.25, -0.2) is 9.78 Å². The van der Waals surface area contributed by atoms with Crippen molar-refractivity contribution in [3.8, 4) is 11.9 Å². The molecule has 2 unspecified atom stereocenters. The standard InChI is InChI=1S/C23H27ClFN5O3/c1-13(11-26)8-18(24)14(2)29-20-19(25)21(28-12-27-20)32-17-9-15-6-7-16(10-17)30(15)22(31)33-23(3,4)5/h8,12,15-17H,1-2,6-7,9-10H2,3-5H3,(H,27,28,29)/b18-8+. The van der Waals surface area contributed by atoms with E-state index in [9.17, 15) is 4.79 Å². The van der Waals surface area contributed by atoms with Gasteiger partial charge in [-0.1, -0.05) is 24.8 Å². The Bertz CT molecular complexity index is 1020. The Morgan fingerprint density at radius 3 is 2.55 bits per heavy atom. The molecule has 0 aromatic carbocycles. The van der Waals surface area contributed by atoms with Gasteiger partial charge in [0.1, 0.15) is 18.0 Å². The quantitative estimate of drug-likeness (QED) is 0.453. The van der Waals surface area contributed by atoms with Crippen LogP contribution in [-0.4, -0.2) is 44.7 Å². The Kier molecular flexibility index (Phi) is 7.28. The van der Waals surface area contributed by atoms with Crippen molar-refractivity contribution < 1.29 is 18.7 Å². The van der Waals surface area contributed by atoms with Crippen molar-refractivity contribution in [2.24, 2.45) is 0 Å². The highest BCUT2D eigenvalue weighted by molar-refractivity contribution is 6.32. The summed E-state index contributed by atoms with van der Waals surface area (Å²) < 4.78 is 26.4. The lowest BCUT2D eigenvalue weighted by molar-refractivity contribution is -0.00811. The van der Waals surface area contributed by atoms with E-state index in [1.807, 2.05) is 26.8 Å². The van der Waals surface area contributed by atoms with E-state index in [2.05, 4.69) is 28.4 Å². The van der Waals surface area contributed by atoms with E-state index >= 15 is 4.39 Å². The monoisotopic (exact) mass is 475 g/mol. The lowest BCUT2D eigenvalue weighted by atomic mass is 10.0. The SMILES string of the molecule is C=C(C#N)/C=C(/Cl)C(=C)Nc1ncnc(OC2CC3CCC(C2)N3C(=O)OC(C)(C)C)c1F. The van der Waals surface area contributed by atoms with Crippen LogP contribution in [0, 0.1) is 17.1 Å². The van der Waals surface area contributed by atoms with Gasteiger partial charge in [0, 0.05) is 30.5 Å². The molecule has 2 aliphatic heterocycles. The Balaban J connectivity index is 1.67. The molecule has 33 heavy (non-hydrogen) atoms. The van der Waals surface area contributed by atoms with Crippen LogP contribution in [-0.2, 0) is 4.74 Å². The van der Waals surface area contributed by atoms with Crippen molar-refractivity contribution in [3.05, 3.63) is 47.7 Å².